The zero-order valence-corrected chi connectivity index (χ0v) is 14.3. The van der Waals surface area contributed by atoms with Crippen molar-refractivity contribution in [1.82, 2.24) is 9.88 Å². The predicted molar refractivity (Wildman–Crippen MR) is 94.7 cm³/mol. The molecule has 0 bridgehead atoms. The van der Waals surface area contributed by atoms with Crippen LogP contribution in [-0.2, 0) is 16.0 Å². The maximum Gasteiger partial charge on any atom is 0.313 e. The Labute approximate surface area is 142 Å². The number of anilines is 1. The van der Waals surface area contributed by atoms with Crippen LogP contribution in [0.15, 0.2) is 48.8 Å². The van der Waals surface area contributed by atoms with Gasteiger partial charge in [-0.05, 0) is 41.7 Å². The maximum absolute atomic E-state index is 12.3. The van der Waals surface area contributed by atoms with E-state index in [0.29, 0.717) is 18.7 Å². The number of aromatic nitrogens is 1. The molecular formula is C19H23N3O2. The van der Waals surface area contributed by atoms with Crippen LogP contribution in [-0.4, -0.2) is 35.3 Å². The summed E-state index contributed by atoms with van der Waals surface area (Å²) in [5.41, 5.74) is 2.78. The summed E-state index contributed by atoms with van der Waals surface area (Å²) in [6.45, 7) is 4.57. The van der Waals surface area contributed by atoms with E-state index in [0.717, 1.165) is 11.1 Å². The third-order valence-electron chi connectivity index (χ3n) is 3.86. The zero-order valence-electron chi connectivity index (χ0n) is 14.3. The van der Waals surface area contributed by atoms with E-state index in [2.05, 4.69) is 10.3 Å². The number of nitrogens with zero attached hydrogens (tertiary/aromatic N) is 2. The van der Waals surface area contributed by atoms with Crippen molar-refractivity contribution in [2.24, 2.45) is 0 Å². The highest BCUT2D eigenvalue weighted by atomic mass is 16.2. The molecule has 2 amide bonds. The van der Waals surface area contributed by atoms with Crippen LogP contribution in [0, 0.1) is 0 Å². The number of rotatable bonds is 5. The van der Waals surface area contributed by atoms with Crippen LogP contribution >= 0.6 is 0 Å². The number of likely N-dealkylation sites (N-methyl/N-ethyl adjacent to an activating group) is 1. The van der Waals surface area contributed by atoms with Gasteiger partial charge in [0.1, 0.15) is 0 Å². The average molecular weight is 325 g/mol. The first-order chi connectivity index (χ1) is 11.5. The molecule has 5 heteroatoms. The summed E-state index contributed by atoms with van der Waals surface area (Å²) in [6.07, 6.45) is 4.11. The van der Waals surface area contributed by atoms with Gasteiger partial charge in [0.15, 0.2) is 0 Å². The molecule has 2 rings (SSSR count). The Kier molecular flexibility index (Phi) is 6.07. The first-order valence-corrected chi connectivity index (χ1v) is 8.03. The zero-order chi connectivity index (χ0) is 17.5. The van der Waals surface area contributed by atoms with Gasteiger partial charge in [0, 0.05) is 31.7 Å². The summed E-state index contributed by atoms with van der Waals surface area (Å²) >= 11 is 0. The number of nitrogens with one attached hydrogen (secondary N) is 1. The number of benzene rings is 1. The summed E-state index contributed by atoms with van der Waals surface area (Å²) < 4.78 is 0. The fraction of sp³-hybridized carbons (Fsp3) is 0.316. The molecule has 0 saturated heterocycles. The lowest BCUT2D eigenvalue weighted by Gasteiger charge is -2.18. The Bertz CT molecular complexity index is 699. The maximum atomic E-state index is 12.3. The lowest BCUT2D eigenvalue weighted by Crippen LogP contribution is -2.38. The Morgan fingerprint density at radius 1 is 1.12 bits per heavy atom. The van der Waals surface area contributed by atoms with E-state index < -0.39 is 11.8 Å². The van der Waals surface area contributed by atoms with Gasteiger partial charge in [-0.1, -0.05) is 32.0 Å². The summed E-state index contributed by atoms with van der Waals surface area (Å²) in [5.74, 6) is -0.885. The molecule has 0 aliphatic carbocycles. The molecule has 0 saturated carbocycles. The number of carbonyl (C=O) groups is 2. The fourth-order valence-electron chi connectivity index (χ4n) is 2.41. The molecule has 2 aromatic rings. The van der Waals surface area contributed by atoms with Gasteiger partial charge in [0.2, 0.25) is 0 Å². The number of para-hydroxylation sites is 1. The van der Waals surface area contributed by atoms with E-state index in [1.807, 2.05) is 50.2 Å². The number of amides is 2. The molecule has 1 aromatic heterocycles. The van der Waals surface area contributed by atoms with Gasteiger partial charge in [-0.15, -0.1) is 0 Å². The molecule has 0 spiro atoms. The van der Waals surface area contributed by atoms with Crippen molar-refractivity contribution in [3.05, 3.63) is 59.9 Å². The smallest absolute Gasteiger partial charge is 0.313 e. The molecule has 1 aromatic carbocycles. The molecule has 0 fully saturated rings. The topological polar surface area (TPSA) is 62.3 Å². The van der Waals surface area contributed by atoms with Crippen molar-refractivity contribution in [1.29, 1.82) is 0 Å². The first kappa shape index (κ1) is 17.7. The van der Waals surface area contributed by atoms with E-state index >= 15 is 0 Å². The van der Waals surface area contributed by atoms with Crippen LogP contribution in [0.2, 0.25) is 0 Å². The second kappa shape index (κ2) is 8.24. The minimum atomic E-state index is -0.611. The third-order valence-corrected chi connectivity index (χ3v) is 3.86. The number of hydrogen-bond acceptors (Lipinski definition) is 3. The molecule has 0 aliphatic heterocycles. The largest absolute Gasteiger partial charge is 0.337 e. The van der Waals surface area contributed by atoms with Gasteiger partial charge in [-0.3, -0.25) is 14.6 Å². The molecule has 1 N–H and O–H groups in total. The van der Waals surface area contributed by atoms with Crippen molar-refractivity contribution in [3.8, 4) is 0 Å². The van der Waals surface area contributed by atoms with Crippen LogP contribution in [0.4, 0.5) is 5.69 Å². The summed E-state index contributed by atoms with van der Waals surface area (Å²) in [6, 6.07) is 11.3. The van der Waals surface area contributed by atoms with Crippen LogP contribution in [0.3, 0.4) is 0 Å². The number of hydrogen-bond donors (Lipinski definition) is 1. The second-order valence-corrected chi connectivity index (χ2v) is 6.03. The van der Waals surface area contributed by atoms with E-state index in [1.54, 1.807) is 19.4 Å². The Morgan fingerprint density at radius 2 is 1.79 bits per heavy atom. The number of pyridine rings is 1. The minimum absolute atomic E-state index is 0.265. The first-order valence-electron chi connectivity index (χ1n) is 8.03. The van der Waals surface area contributed by atoms with Crippen molar-refractivity contribution < 1.29 is 9.59 Å². The molecule has 0 aliphatic rings. The van der Waals surface area contributed by atoms with Gasteiger partial charge in [-0.25, -0.2) is 0 Å². The van der Waals surface area contributed by atoms with Crippen LogP contribution in [0.5, 0.6) is 0 Å². The Balaban J connectivity index is 1.95. The van der Waals surface area contributed by atoms with Crippen molar-refractivity contribution in [2.45, 2.75) is 26.2 Å². The quantitative estimate of drug-likeness (QED) is 0.860. The highest BCUT2D eigenvalue weighted by molar-refractivity contribution is 6.39. The average Bonchev–Trinajstić information content (AvgIpc) is 2.60. The van der Waals surface area contributed by atoms with Gasteiger partial charge >= 0.3 is 11.8 Å². The summed E-state index contributed by atoms with van der Waals surface area (Å²) in [5, 5.41) is 2.73. The van der Waals surface area contributed by atoms with E-state index in [1.165, 1.54) is 4.90 Å². The molecule has 1 heterocycles. The van der Waals surface area contributed by atoms with E-state index in [9.17, 15) is 9.59 Å². The minimum Gasteiger partial charge on any atom is -0.337 e. The summed E-state index contributed by atoms with van der Waals surface area (Å²) in [4.78, 5) is 29.9. The van der Waals surface area contributed by atoms with Crippen molar-refractivity contribution in [3.63, 3.8) is 0 Å². The van der Waals surface area contributed by atoms with Gasteiger partial charge in [-0.2, -0.15) is 0 Å². The van der Waals surface area contributed by atoms with Crippen LogP contribution in [0.1, 0.15) is 30.9 Å². The second-order valence-electron chi connectivity index (χ2n) is 6.03. The van der Waals surface area contributed by atoms with Crippen LogP contribution in [0.25, 0.3) is 0 Å². The standard InChI is InChI=1S/C19H23N3O2/c1-14(2)16-6-4-5-7-17(16)21-18(23)19(24)22(3)13-10-15-8-11-20-12-9-15/h4-9,11-12,14H,10,13H2,1-3H3,(H,21,23). The molecule has 5 nitrogen and oxygen atoms in total. The highest BCUT2D eigenvalue weighted by Crippen LogP contribution is 2.23. The molecule has 0 radical (unpaired) electrons. The molecule has 126 valence electrons. The van der Waals surface area contributed by atoms with E-state index in [4.69, 9.17) is 0 Å². The fourth-order valence-corrected chi connectivity index (χ4v) is 2.41. The Hall–Kier alpha value is -2.69. The number of carbonyl (C=O) groups excluding carboxylic acids is 2. The van der Waals surface area contributed by atoms with E-state index in [-0.39, 0.29) is 5.92 Å². The predicted octanol–water partition coefficient (Wildman–Crippen LogP) is 2.84. The van der Waals surface area contributed by atoms with Crippen molar-refractivity contribution >= 4 is 17.5 Å². The highest BCUT2D eigenvalue weighted by Gasteiger charge is 2.20. The Morgan fingerprint density at radius 3 is 2.46 bits per heavy atom. The SMILES string of the molecule is CC(C)c1ccccc1NC(=O)C(=O)N(C)CCc1ccncc1. The van der Waals surface area contributed by atoms with Gasteiger partial charge in [0.25, 0.3) is 0 Å². The monoisotopic (exact) mass is 325 g/mol. The van der Waals surface area contributed by atoms with Crippen molar-refractivity contribution in [2.75, 3.05) is 18.9 Å². The van der Waals surface area contributed by atoms with Gasteiger partial charge < -0.3 is 10.2 Å². The third kappa shape index (κ3) is 4.65. The molecule has 0 unspecified atom stereocenters. The summed E-state index contributed by atoms with van der Waals surface area (Å²) in [7, 11) is 1.64. The van der Waals surface area contributed by atoms with Gasteiger partial charge in [0.05, 0.1) is 0 Å². The van der Waals surface area contributed by atoms with Crippen LogP contribution < -0.4 is 5.32 Å². The normalized spacial score (nSPS) is 10.5. The lowest BCUT2D eigenvalue weighted by molar-refractivity contribution is -0.142. The lowest BCUT2D eigenvalue weighted by atomic mass is 10.0. The molecular weight excluding hydrogens is 302 g/mol. The molecule has 24 heavy (non-hydrogen) atoms. The molecule has 0 atom stereocenters.